The quantitative estimate of drug-likeness (QED) is 0.872. The number of rotatable bonds is 5. The minimum atomic E-state index is -0.109. The van der Waals surface area contributed by atoms with E-state index in [1.807, 2.05) is 14.0 Å². The number of nitrogens with zero attached hydrogens (tertiary/aromatic N) is 4. The summed E-state index contributed by atoms with van der Waals surface area (Å²) in [4.78, 5) is 13.2. The van der Waals surface area contributed by atoms with Crippen molar-refractivity contribution in [2.24, 2.45) is 0 Å². The van der Waals surface area contributed by atoms with Crippen molar-refractivity contribution in [3.05, 3.63) is 23.6 Å². The fourth-order valence-corrected chi connectivity index (χ4v) is 1.86. The third kappa shape index (κ3) is 3.68. The topological polar surface area (TPSA) is 88.8 Å². The molecule has 2 aromatic rings. The minimum Gasteiger partial charge on any atom is -0.373 e. The van der Waals surface area contributed by atoms with Crippen LogP contribution in [0.5, 0.6) is 0 Å². The predicted octanol–water partition coefficient (Wildman–Crippen LogP) is 2.16. The van der Waals surface area contributed by atoms with Gasteiger partial charge in [-0.05, 0) is 6.92 Å². The Labute approximate surface area is 124 Å². The molecule has 2 heterocycles. The molecule has 0 unspecified atom stereocenters. The van der Waals surface area contributed by atoms with Gasteiger partial charge in [0.25, 0.3) is 0 Å². The van der Waals surface area contributed by atoms with Crippen LogP contribution in [0.3, 0.4) is 0 Å². The van der Waals surface area contributed by atoms with Gasteiger partial charge >= 0.3 is 0 Å². The van der Waals surface area contributed by atoms with Gasteiger partial charge in [-0.1, -0.05) is 25.9 Å². The van der Waals surface area contributed by atoms with Crippen molar-refractivity contribution in [1.29, 1.82) is 0 Å². The highest BCUT2D eigenvalue weighted by Gasteiger charge is 2.20. The van der Waals surface area contributed by atoms with Gasteiger partial charge in [-0.2, -0.15) is 4.98 Å². The molecule has 0 bridgehead atoms. The Kier molecular flexibility index (Phi) is 4.40. The van der Waals surface area contributed by atoms with Gasteiger partial charge in [0, 0.05) is 31.0 Å². The van der Waals surface area contributed by atoms with E-state index in [-0.39, 0.29) is 5.41 Å². The van der Waals surface area contributed by atoms with Gasteiger partial charge in [-0.3, -0.25) is 0 Å². The fourth-order valence-electron chi connectivity index (χ4n) is 1.86. The highest BCUT2D eigenvalue weighted by molar-refractivity contribution is 5.57. The molecule has 0 aliphatic heterocycles. The Morgan fingerprint density at radius 2 is 1.90 bits per heavy atom. The second-order valence-corrected chi connectivity index (χ2v) is 5.88. The van der Waals surface area contributed by atoms with Crippen molar-refractivity contribution in [1.82, 2.24) is 20.1 Å². The summed E-state index contributed by atoms with van der Waals surface area (Å²) in [6.45, 7) is 8.96. The van der Waals surface area contributed by atoms with Gasteiger partial charge in [-0.25, -0.2) is 9.97 Å². The van der Waals surface area contributed by atoms with E-state index >= 15 is 0 Å². The molecule has 0 radical (unpaired) electrons. The molecule has 0 aliphatic carbocycles. The van der Waals surface area contributed by atoms with Crippen LogP contribution in [-0.4, -0.2) is 33.7 Å². The first kappa shape index (κ1) is 15.2. The van der Waals surface area contributed by atoms with E-state index in [2.05, 4.69) is 51.5 Å². The molecular formula is C14H22N6O. The van der Waals surface area contributed by atoms with Gasteiger partial charge in [0.05, 0.1) is 0 Å². The molecule has 2 N–H and O–H groups in total. The van der Waals surface area contributed by atoms with Gasteiger partial charge in [0.15, 0.2) is 6.33 Å². The van der Waals surface area contributed by atoms with Crippen molar-refractivity contribution < 1.29 is 4.52 Å². The smallest absolute Gasteiger partial charge is 0.228 e. The Bertz CT molecular complexity index is 588. The van der Waals surface area contributed by atoms with Gasteiger partial charge < -0.3 is 15.2 Å². The summed E-state index contributed by atoms with van der Waals surface area (Å²) < 4.78 is 4.98. The van der Waals surface area contributed by atoms with E-state index in [9.17, 15) is 0 Å². The summed E-state index contributed by atoms with van der Waals surface area (Å²) in [5.74, 6) is 3.09. The first-order chi connectivity index (χ1) is 9.91. The molecule has 0 aliphatic rings. The molecule has 7 nitrogen and oxygen atoms in total. The van der Waals surface area contributed by atoms with Crippen LogP contribution in [-0.2, 0) is 11.8 Å². The van der Waals surface area contributed by atoms with Crippen LogP contribution in [0.4, 0.5) is 11.6 Å². The molecule has 0 amide bonds. The molecule has 0 fully saturated rings. The summed E-state index contributed by atoms with van der Waals surface area (Å²) in [5.41, 5.74) is 0.887. The van der Waals surface area contributed by atoms with Crippen LogP contribution in [0.1, 0.15) is 38.0 Å². The monoisotopic (exact) mass is 290 g/mol. The van der Waals surface area contributed by atoms with E-state index in [1.165, 1.54) is 6.33 Å². The maximum Gasteiger partial charge on any atom is 0.228 e. The Hall–Kier alpha value is -2.18. The van der Waals surface area contributed by atoms with E-state index < -0.39 is 0 Å². The first-order valence-electron chi connectivity index (χ1n) is 6.98. The summed E-state index contributed by atoms with van der Waals surface area (Å²) in [6.07, 6.45) is 2.06. The van der Waals surface area contributed by atoms with E-state index in [4.69, 9.17) is 4.52 Å². The zero-order valence-electron chi connectivity index (χ0n) is 13.2. The highest BCUT2D eigenvalue weighted by Crippen LogP contribution is 2.25. The van der Waals surface area contributed by atoms with E-state index in [0.717, 1.165) is 23.0 Å². The maximum absolute atomic E-state index is 4.98. The largest absolute Gasteiger partial charge is 0.373 e. The Morgan fingerprint density at radius 1 is 1.19 bits per heavy atom. The summed E-state index contributed by atoms with van der Waals surface area (Å²) in [7, 11) is 1.87. The predicted molar refractivity (Wildman–Crippen MR) is 81.5 cm³/mol. The molecule has 0 saturated heterocycles. The zero-order chi connectivity index (χ0) is 15.5. The summed E-state index contributed by atoms with van der Waals surface area (Å²) >= 11 is 0. The minimum absolute atomic E-state index is 0.109. The van der Waals surface area contributed by atoms with Crippen molar-refractivity contribution in [3.8, 4) is 0 Å². The molecule has 0 atom stereocenters. The second kappa shape index (κ2) is 6.07. The molecule has 0 spiro atoms. The fraction of sp³-hybridized carbons (Fsp3) is 0.571. The summed E-state index contributed by atoms with van der Waals surface area (Å²) in [5, 5.41) is 10.0. The van der Waals surface area contributed by atoms with Crippen molar-refractivity contribution >= 4 is 11.6 Å². The first-order valence-corrected chi connectivity index (χ1v) is 6.98. The number of anilines is 2. The number of hydrogen-bond donors (Lipinski definition) is 2. The Balaban J connectivity index is 2.17. The van der Waals surface area contributed by atoms with Crippen molar-refractivity contribution in [2.75, 3.05) is 24.2 Å². The third-order valence-electron chi connectivity index (χ3n) is 3.09. The van der Waals surface area contributed by atoms with E-state index in [0.29, 0.717) is 18.9 Å². The molecule has 2 rings (SSSR count). The van der Waals surface area contributed by atoms with Crippen LogP contribution in [0.25, 0.3) is 0 Å². The normalized spacial score (nSPS) is 11.5. The Morgan fingerprint density at radius 3 is 2.48 bits per heavy atom. The lowest BCUT2D eigenvalue weighted by molar-refractivity contribution is 0.379. The average molecular weight is 290 g/mol. The molecular weight excluding hydrogens is 268 g/mol. The lowest BCUT2D eigenvalue weighted by Gasteiger charge is -2.20. The van der Waals surface area contributed by atoms with Crippen LogP contribution in [0.15, 0.2) is 10.9 Å². The summed E-state index contributed by atoms with van der Waals surface area (Å²) in [6, 6.07) is 0. The highest BCUT2D eigenvalue weighted by atomic mass is 16.5. The molecule has 114 valence electrons. The molecule has 2 aromatic heterocycles. The lowest BCUT2D eigenvalue weighted by atomic mass is 9.95. The number of aromatic nitrogens is 4. The van der Waals surface area contributed by atoms with Gasteiger partial charge in [-0.15, -0.1) is 0 Å². The van der Waals surface area contributed by atoms with E-state index in [1.54, 1.807) is 0 Å². The lowest BCUT2D eigenvalue weighted by Crippen LogP contribution is -2.20. The van der Waals surface area contributed by atoms with Crippen LogP contribution in [0, 0.1) is 6.92 Å². The van der Waals surface area contributed by atoms with Crippen molar-refractivity contribution in [2.45, 2.75) is 39.5 Å². The van der Waals surface area contributed by atoms with Crippen LogP contribution < -0.4 is 10.6 Å². The van der Waals surface area contributed by atoms with Crippen LogP contribution >= 0.6 is 0 Å². The van der Waals surface area contributed by atoms with Gasteiger partial charge in [0.2, 0.25) is 5.89 Å². The number of nitrogens with one attached hydrogen (secondary N) is 2. The zero-order valence-corrected chi connectivity index (χ0v) is 13.2. The molecule has 7 heteroatoms. The third-order valence-corrected chi connectivity index (χ3v) is 3.09. The standard InChI is InChI=1S/C14H22N6O/c1-9-11(15-5)19-13(14(2,3)4)20-12(9)16-7-6-10-17-8-18-21-10/h8H,6-7H2,1-5H3,(H2,15,16,19,20). The van der Waals surface area contributed by atoms with Crippen LogP contribution in [0.2, 0.25) is 0 Å². The molecule has 0 saturated carbocycles. The maximum atomic E-state index is 4.98. The molecule has 21 heavy (non-hydrogen) atoms. The average Bonchev–Trinajstić information content (AvgIpc) is 2.92. The molecule has 0 aromatic carbocycles. The SMILES string of the molecule is CNc1nc(C(C)(C)C)nc(NCCc2ncno2)c1C. The number of hydrogen-bond acceptors (Lipinski definition) is 7. The van der Waals surface area contributed by atoms with Gasteiger partial charge in [0.1, 0.15) is 17.5 Å². The second-order valence-electron chi connectivity index (χ2n) is 5.88. The van der Waals surface area contributed by atoms with Crippen molar-refractivity contribution in [3.63, 3.8) is 0 Å².